The lowest BCUT2D eigenvalue weighted by Crippen LogP contribution is -2.52. The molecule has 4 aliphatic heterocycles. The van der Waals surface area contributed by atoms with Gasteiger partial charge in [-0.05, 0) is 140 Å². The quantitative estimate of drug-likeness (QED) is 0.0172. The number of sulfonamides is 1. The Kier molecular flexibility index (Phi) is 18.0. The van der Waals surface area contributed by atoms with Gasteiger partial charge in [0.1, 0.15) is 28.9 Å². The first-order valence-electron chi connectivity index (χ1n) is 28.9. The van der Waals surface area contributed by atoms with E-state index < -0.39 is 43.4 Å². The number of likely N-dealkylation sites (tertiary alicyclic amines) is 1. The summed E-state index contributed by atoms with van der Waals surface area (Å²) in [5, 5.41) is 19.5. The fourth-order valence-electron chi connectivity index (χ4n) is 12.1. The van der Waals surface area contributed by atoms with Gasteiger partial charge in [0.2, 0.25) is 11.8 Å². The van der Waals surface area contributed by atoms with Gasteiger partial charge in [0.15, 0.2) is 0 Å². The van der Waals surface area contributed by atoms with E-state index in [-0.39, 0.29) is 46.6 Å². The number of nitrogens with zero attached hydrogens (tertiary/aromatic N) is 6. The highest BCUT2D eigenvalue weighted by atomic mass is 35.5. The molecule has 4 N–H and O–H groups in total. The van der Waals surface area contributed by atoms with Crippen LogP contribution in [0.2, 0.25) is 5.02 Å². The van der Waals surface area contributed by atoms with Crippen molar-refractivity contribution in [3.8, 4) is 11.5 Å². The third-order valence-electron chi connectivity index (χ3n) is 16.9. The van der Waals surface area contributed by atoms with Crippen LogP contribution in [-0.4, -0.2) is 146 Å². The molecular weight excluding hydrogens is 1140 g/mol. The number of allylic oxidation sites excluding steroid dienone is 1. The SMILES string of the molecule is CC1(C)CCC(CN2CCN(c3ccc(C(=O)NS(=O)(=O)c4ccc(NCC5CCN(CCOCCSc6cccc7c6CN(C6CCC(=O)NC6=O)C7=O)CC5)c([N+](=O)[O-])c4)c(Oc4cnc5[nH]ccc5c4)c3)CC2)=C(c2ccc(Cl)cc2)C1. The summed E-state index contributed by atoms with van der Waals surface area (Å²) in [5.74, 6) is -0.599. The topological polar surface area (TPSA) is 242 Å². The number of nitro benzene ring substituents is 1. The Balaban J connectivity index is 0.669. The van der Waals surface area contributed by atoms with Crippen molar-refractivity contribution in [3.63, 3.8) is 0 Å². The maximum atomic E-state index is 14.2. The van der Waals surface area contributed by atoms with Crippen LogP contribution in [0.5, 0.6) is 11.5 Å². The van der Waals surface area contributed by atoms with Gasteiger partial charge in [-0.1, -0.05) is 49.2 Å². The molecule has 0 radical (unpaired) electrons. The molecule has 3 fully saturated rings. The molecule has 85 heavy (non-hydrogen) atoms. The molecule has 2 aromatic heterocycles. The van der Waals surface area contributed by atoms with Crippen molar-refractivity contribution >= 4 is 90.7 Å². The number of nitrogens with one attached hydrogen (secondary N) is 4. The van der Waals surface area contributed by atoms with Crippen LogP contribution in [0.4, 0.5) is 17.1 Å². The lowest BCUT2D eigenvalue weighted by Gasteiger charge is -2.39. The Morgan fingerprint density at radius 1 is 0.918 bits per heavy atom. The van der Waals surface area contributed by atoms with Crippen LogP contribution in [0, 0.1) is 21.4 Å². The summed E-state index contributed by atoms with van der Waals surface area (Å²) in [6, 6.07) is 25.3. The molecule has 3 saturated heterocycles. The van der Waals surface area contributed by atoms with Gasteiger partial charge >= 0.3 is 0 Å². The Morgan fingerprint density at radius 2 is 1.72 bits per heavy atom. The molecule has 1 aliphatic carbocycles. The van der Waals surface area contributed by atoms with E-state index in [4.69, 9.17) is 21.1 Å². The summed E-state index contributed by atoms with van der Waals surface area (Å²) in [5.41, 5.74) is 6.86. The van der Waals surface area contributed by atoms with Crippen LogP contribution < -0.4 is 25.0 Å². The number of pyridine rings is 1. The lowest BCUT2D eigenvalue weighted by molar-refractivity contribution is -0.384. The van der Waals surface area contributed by atoms with Gasteiger partial charge in [-0.2, -0.15) is 0 Å². The molecule has 0 bridgehead atoms. The predicted octanol–water partition coefficient (Wildman–Crippen LogP) is 9.52. The number of amides is 4. The minimum Gasteiger partial charge on any atom is -0.455 e. The first kappa shape index (κ1) is 59.4. The maximum Gasteiger partial charge on any atom is 0.293 e. The van der Waals surface area contributed by atoms with Crippen molar-refractivity contribution in [2.45, 2.75) is 81.2 Å². The number of piperazine rings is 1. The molecule has 5 aliphatic rings. The fourth-order valence-corrected chi connectivity index (χ4v) is 14.1. The van der Waals surface area contributed by atoms with Crippen molar-refractivity contribution in [2.24, 2.45) is 11.3 Å². The molecule has 0 saturated carbocycles. The third kappa shape index (κ3) is 14.0. The van der Waals surface area contributed by atoms with Crippen molar-refractivity contribution in [3.05, 3.63) is 146 Å². The number of aromatic amines is 1. The average molecular weight is 1210 g/mol. The van der Waals surface area contributed by atoms with E-state index >= 15 is 0 Å². The number of H-pyrrole nitrogens is 1. The Labute approximate surface area is 503 Å². The summed E-state index contributed by atoms with van der Waals surface area (Å²) in [6.07, 6.45) is 8.62. The molecular formula is C62H69ClN10O10S2. The summed E-state index contributed by atoms with van der Waals surface area (Å²) in [6.45, 7) is 12.7. The van der Waals surface area contributed by atoms with Gasteiger partial charge < -0.3 is 34.5 Å². The minimum absolute atomic E-state index is 0.0571. The second-order valence-electron chi connectivity index (χ2n) is 23.2. The number of carbonyl (C=O) groups is 4. The zero-order chi connectivity index (χ0) is 59.4. The zero-order valence-electron chi connectivity index (χ0n) is 47.6. The normalized spacial score (nSPS) is 18.9. The van der Waals surface area contributed by atoms with Crippen LogP contribution in [0.1, 0.15) is 90.6 Å². The van der Waals surface area contributed by atoms with E-state index in [0.717, 1.165) is 104 Å². The molecule has 4 amide bonds. The van der Waals surface area contributed by atoms with E-state index in [1.807, 2.05) is 30.3 Å². The van der Waals surface area contributed by atoms with Gasteiger partial charge in [0.05, 0.1) is 34.8 Å². The molecule has 446 valence electrons. The number of hydrogen-bond acceptors (Lipinski definition) is 16. The summed E-state index contributed by atoms with van der Waals surface area (Å²) in [4.78, 5) is 80.0. The number of ether oxygens (including phenoxy) is 2. The number of imide groups is 1. The number of hydrogen-bond donors (Lipinski definition) is 4. The number of aromatic nitrogens is 2. The number of nitro groups is 1. The average Bonchev–Trinajstić information content (AvgIpc) is 2.99. The molecule has 0 spiro atoms. The molecule has 4 aromatic carbocycles. The molecule has 23 heteroatoms. The van der Waals surface area contributed by atoms with Crippen molar-refractivity contribution in [2.75, 3.05) is 88.1 Å². The smallest absolute Gasteiger partial charge is 0.293 e. The second-order valence-corrected chi connectivity index (χ2v) is 26.5. The van der Waals surface area contributed by atoms with Crippen LogP contribution in [0.25, 0.3) is 16.6 Å². The van der Waals surface area contributed by atoms with Gasteiger partial charge in [0, 0.05) is 109 Å². The lowest BCUT2D eigenvalue weighted by atomic mass is 9.72. The number of halogens is 1. The van der Waals surface area contributed by atoms with Crippen molar-refractivity contribution in [1.29, 1.82) is 0 Å². The van der Waals surface area contributed by atoms with Crippen molar-refractivity contribution < 1.29 is 42.0 Å². The molecule has 6 heterocycles. The number of carbonyl (C=O) groups excluding carboxylic acids is 4. The minimum atomic E-state index is -4.63. The van der Waals surface area contributed by atoms with E-state index in [2.05, 4.69) is 66.0 Å². The molecule has 1 unspecified atom stereocenters. The number of thioether (sulfide) groups is 1. The number of rotatable bonds is 21. The number of anilines is 2. The van der Waals surface area contributed by atoms with Gasteiger partial charge in [-0.25, -0.2) is 18.1 Å². The summed E-state index contributed by atoms with van der Waals surface area (Å²) < 4.78 is 42.5. The summed E-state index contributed by atoms with van der Waals surface area (Å²) in [7, 11) is -4.63. The number of piperidine rings is 2. The largest absolute Gasteiger partial charge is 0.455 e. The Hall–Kier alpha value is -7.34. The van der Waals surface area contributed by atoms with Crippen molar-refractivity contribution in [1.82, 2.24) is 34.7 Å². The highest BCUT2D eigenvalue weighted by Crippen LogP contribution is 2.44. The monoisotopic (exact) mass is 1210 g/mol. The molecule has 20 nitrogen and oxygen atoms in total. The van der Waals surface area contributed by atoms with Crippen LogP contribution in [-0.2, 0) is 30.9 Å². The highest BCUT2D eigenvalue weighted by molar-refractivity contribution is 7.99. The number of fused-ring (bicyclic) bond motifs is 2. The molecule has 6 aromatic rings. The van der Waals surface area contributed by atoms with E-state index in [0.29, 0.717) is 68.5 Å². The van der Waals surface area contributed by atoms with E-state index in [9.17, 15) is 37.7 Å². The maximum absolute atomic E-state index is 14.2. The molecule has 1 atom stereocenters. The third-order valence-corrected chi connectivity index (χ3v) is 19.6. The molecule has 11 rings (SSSR count). The fraction of sp³-hybridized carbons (Fsp3) is 0.403. The van der Waals surface area contributed by atoms with Gasteiger partial charge in [-0.3, -0.25) is 39.5 Å². The van der Waals surface area contributed by atoms with Gasteiger partial charge in [0.25, 0.3) is 27.5 Å². The van der Waals surface area contributed by atoms with Crippen LogP contribution in [0.3, 0.4) is 0 Å². The Bertz CT molecular complexity index is 3670. The number of benzene rings is 4. The predicted molar refractivity (Wildman–Crippen MR) is 327 cm³/mol. The summed E-state index contributed by atoms with van der Waals surface area (Å²) >= 11 is 7.87. The highest BCUT2D eigenvalue weighted by Gasteiger charge is 2.40. The zero-order valence-corrected chi connectivity index (χ0v) is 50.0. The Morgan fingerprint density at radius 3 is 2.49 bits per heavy atom. The standard InChI is InChI=1S/C62H69ClN10O10S2/c1-62(2)20-16-43(50(35-62)41-6-8-44(63)9-7-41)38-70-24-26-71(27-25-70)45-10-12-49(55(33-45)83-46-32-42-17-21-64-58(42)66-37-46)59(75)68-85(80,81)47-11-13-52(54(34-47)73(78)79)65-36-40-18-22-69(23-19-40)28-29-82-30-31-84-56-5-3-4-48-51(56)39-72(61(48)77)53-14-15-57(74)67-60(53)76/h3-13,17,21,32-34,37,40,53,65H,14-16,18-20,22-31,35-36,38-39H2,1-2H3,(H,64,66)(H,68,75)(H,67,74,76). The van der Waals surface area contributed by atoms with E-state index in [1.165, 1.54) is 41.1 Å². The van der Waals surface area contributed by atoms with E-state index in [1.54, 1.807) is 47.1 Å². The van der Waals surface area contributed by atoms with Crippen LogP contribution >= 0.6 is 23.4 Å². The first-order valence-corrected chi connectivity index (χ1v) is 31.8. The first-order chi connectivity index (χ1) is 40.9. The second kappa shape index (κ2) is 25.7. The van der Waals surface area contributed by atoms with Gasteiger partial charge in [-0.15, -0.1) is 11.8 Å². The van der Waals surface area contributed by atoms with Crippen LogP contribution in [0.15, 0.2) is 119 Å².